The average Bonchev–Trinajstić information content (AvgIpc) is 2.67. The van der Waals surface area contributed by atoms with Gasteiger partial charge in [-0.05, 0) is 35.6 Å². The zero-order valence-electron chi connectivity index (χ0n) is 16.2. The second-order valence-corrected chi connectivity index (χ2v) is 7.38. The van der Waals surface area contributed by atoms with Crippen molar-refractivity contribution in [3.05, 3.63) is 60.2 Å². The van der Waals surface area contributed by atoms with Crippen molar-refractivity contribution < 1.29 is 9.53 Å². The Kier molecular flexibility index (Phi) is 8.95. The van der Waals surface area contributed by atoms with Crippen molar-refractivity contribution in [3.8, 4) is 11.1 Å². The summed E-state index contributed by atoms with van der Waals surface area (Å²) in [6.07, 6.45) is 8.63. The van der Waals surface area contributed by atoms with Gasteiger partial charge in [0.1, 0.15) is 0 Å². The van der Waals surface area contributed by atoms with Crippen molar-refractivity contribution in [2.45, 2.75) is 58.8 Å². The molecule has 0 amide bonds. The number of carbonyl (C=O) groups is 1. The molecule has 0 N–H and O–H groups in total. The summed E-state index contributed by atoms with van der Waals surface area (Å²) >= 11 is 0. The number of rotatable bonds is 11. The molecule has 26 heavy (non-hydrogen) atoms. The van der Waals surface area contributed by atoms with Crippen LogP contribution in [0.2, 0.25) is 0 Å². The highest BCUT2D eigenvalue weighted by Gasteiger charge is 2.07. The number of ether oxygens (including phenoxy) is 1. The minimum atomic E-state index is -0.221. The van der Waals surface area contributed by atoms with Gasteiger partial charge in [0.25, 0.3) is 0 Å². The summed E-state index contributed by atoms with van der Waals surface area (Å²) < 4.78 is 5.39. The fourth-order valence-electron chi connectivity index (χ4n) is 3.04. The molecule has 0 bridgehead atoms. The normalized spacial score (nSPS) is 10.9. The first-order chi connectivity index (χ1) is 12.7. The molecule has 0 aromatic heterocycles. The first-order valence-electron chi connectivity index (χ1n) is 9.99. The lowest BCUT2D eigenvalue weighted by molar-refractivity contribution is 0.0497. The van der Waals surface area contributed by atoms with E-state index in [1.807, 2.05) is 42.5 Å². The second-order valence-electron chi connectivity index (χ2n) is 7.38. The number of benzene rings is 2. The van der Waals surface area contributed by atoms with Crippen molar-refractivity contribution >= 4 is 5.97 Å². The minimum absolute atomic E-state index is 0.221. The Balaban J connectivity index is 1.61. The highest BCUT2D eigenvalue weighted by atomic mass is 16.5. The van der Waals surface area contributed by atoms with Crippen LogP contribution in [-0.4, -0.2) is 12.6 Å². The molecule has 0 fully saturated rings. The van der Waals surface area contributed by atoms with E-state index >= 15 is 0 Å². The topological polar surface area (TPSA) is 26.3 Å². The summed E-state index contributed by atoms with van der Waals surface area (Å²) in [5.41, 5.74) is 2.89. The standard InChI is InChI=1S/C24H32O2/c1-20(2)12-8-5-3-4-6-11-19-26-24(25)23-17-15-22(16-18-23)21-13-9-7-10-14-21/h7,9-10,13-18,20H,3-6,8,11-12,19H2,1-2H3. The van der Waals surface area contributed by atoms with Crippen molar-refractivity contribution in [1.29, 1.82) is 0 Å². The molecule has 0 heterocycles. The molecule has 2 rings (SSSR count). The smallest absolute Gasteiger partial charge is 0.338 e. The zero-order valence-corrected chi connectivity index (χ0v) is 16.2. The summed E-state index contributed by atoms with van der Waals surface area (Å²) in [5.74, 6) is 0.595. The van der Waals surface area contributed by atoms with Crippen LogP contribution in [0.1, 0.15) is 69.2 Å². The number of esters is 1. The lowest BCUT2D eigenvalue weighted by atomic mass is 10.0. The molecular weight excluding hydrogens is 320 g/mol. The third-order valence-corrected chi connectivity index (χ3v) is 4.64. The summed E-state index contributed by atoms with van der Waals surface area (Å²) in [7, 11) is 0. The summed E-state index contributed by atoms with van der Waals surface area (Å²) in [6.45, 7) is 5.08. The Hall–Kier alpha value is -2.09. The molecule has 0 unspecified atom stereocenters. The fourth-order valence-corrected chi connectivity index (χ4v) is 3.04. The van der Waals surface area contributed by atoms with E-state index in [1.165, 1.54) is 32.1 Å². The third kappa shape index (κ3) is 7.43. The highest BCUT2D eigenvalue weighted by molar-refractivity contribution is 5.90. The van der Waals surface area contributed by atoms with Gasteiger partial charge in [0.15, 0.2) is 0 Å². The van der Waals surface area contributed by atoms with Gasteiger partial charge in [0, 0.05) is 0 Å². The van der Waals surface area contributed by atoms with Gasteiger partial charge in [0.2, 0.25) is 0 Å². The molecule has 0 aliphatic rings. The molecule has 140 valence electrons. The Labute approximate surface area is 158 Å². The highest BCUT2D eigenvalue weighted by Crippen LogP contribution is 2.19. The average molecular weight is 353 g/mol. The Morgan fingerprint density at radius 1 is 0.769 bits per heavy atom. The molecule has 0 saturated carbocycles. The largest absolute Gasteiger partial charge is 0.462 e. The molecule has 0 aliphatic heterocycles. The third-order valence-electron chi connectivity index (χ3n) is 4.64. The van der Waals surface area contributed by atoms with E-state index in [0.717, 1.165) is 29.9 Å². The van der Waals surface area contributed by atoms with E-state index in [9.17, 15) is 4.79 Å². The van der Waals surface area contributed by atoms with Crippen molar-refractivity contribution in [3.63, 3.8) is 0 Å². The predicted molar refractivity (Wildman–Crippen MR) is 109 cm³/mol. The lowest BCUT2D eigenvalue weighted by Gasteiger charge is -2.07. The number of hydrogen-bond acceptors (Lipinski definition) is 2. The number of unbranched alkanes of at least 4 members (excludes halogenated alkanes) is 5. The van der Waals surface area contributed by atoms with E-state index in [0.29, 0.717) is 12.2 Å². The van der Waals surface area contributed by atoms with E-state index in [4.69, 9.17) is 4.74 Å². The first-order valence-corrected chi connectivity index (χ1v) is 9.99. The van der Waals surface area contributed by atoms with E-state index in [-0.39, 0.29) is 5.97 Å². The van der Waals surface area contributed by atoms with E-state index < -0.39 is 0 Å². The predicted octanol–water partition coefficient (Wildman–Crippen LogP) is 6.90. The Morgan fingerprint density at radius 3 is 2.00 bits per heavy atom. The van der Waals surface area contributed by atoms with Crippen LogP contribution >= 0.6 is 0 Å². The summed E-state index contributed by atoms with van der Waals surface area (Å²) in [6, 6.07) is 17.8. The number of carbonyl (C=O) groups excluding carboxylic acids is 1. The fraction of sp³-hybridized carbons (Fsp3) is 0.458. The second kappa shape index (κ2) is 11.5. The van der Waals surface area contributed by atoms with Gasteiger partial charge in [-0.3, -0.25) is 0 Å². The zero-order chi connectivity index (χ0) is 18.6. The van der Waals surface area contributed by atoms with Crippen LogP contribution < -0.4 is 0 Å². The molecule has 0 radical (unpaired) electrons. The van der Waals surface area contributed by atoms with Gasteiger partial charge in [-0.2, -0.15) is 0 Å². The molecule has 2 heteroatoms. The SMILES string of the molecule is CC(C)CCCCCCCCOC(=O)c1ccc(-c2ccccc2)cc1. The Bertz CT molecular complexity index is 629. The quantitative estimate of drug-likeness (QED) is 0.325. The van der Waals surface area contributed by atoms with Crippen LogP contribution in [0.25, 0.3) is 11.1 Å². The van der Waals surface area contributed by atoms with Crippen molar-refractivity contribution in [2.24, 2.45) is 5.92 Å². The molecule has 2 nitrogen and oxygen atoms in total. The van der Waals surface area contributed by atoms with Gasteiger partial charge in [0.05, 0.1) is 12.2 Å². The molecule has 0 atom stereocenters. The summed E-state index contributed by atoms with van der Waals surface area (Å²) in [4.78, 5) is 12.1. The maximum absolute atomic E-state index is 12.1. The Morgan fingerprint density at radius 2 is 1.35 bits per heavy atom. The van der Waals surface area contributed by atoms with Gasteiger partial charge in [-0.15, -0.1) is 0 Å². The molecule has 2 aromatic carbocycles. The van der Waals surface area contributed by atoms with E-state index in [1.54, 1.807) is 0 Å². The van der Waals surface area contributed by atoms with Crippen LogP contribution in [0, 0.1) is 5.92 Å². The van der Waals surface area contributed by atoms with Gasteiger partial charge >= 0.3 is 5.97 Å². The van der Waals surface area contributed by atoms with Crippen LogP contribution in [0.5, 0.6) is 0 Å². The van der Waals surface area contributed by atoms with Crippen LogP contribution in [0.3, 0.4) is 0 Å². The molecule has 0 saturated heterocycles. The maximum Gasteiger partial charge on any atom is 0.338 e. The summed E-state index contributed by atoms with van der Waals surface area (Å²) in [5, 5.41) is 0. The number of hydrogen-bond donors (Lipinski definition) is 0. The maximum atomic E-state index is 12.1. The van der Waals surface area contributed by atoms with Gasteiger partial charge in [-0.25, -0.2) is 4.79 Å². The first kappa shape index (κ1) is 20.2. The van der Waals surface area contributed by atoms with Crippen molar-refractivity contribution in [1.82, 2.24) is 0 Å². The van der Waals surface area contributed by atoms with Crippen LogP contribution in [0.4, 0.5) is 0 Å². The molecular formula is C24H32O2. The van der Waals surface area contributed by atoms with Crippen LogP contribution in [0.15, 0.2) is 54.6 Å². The van der Waals surface area contributed by atoms with Gasteiger partial charge in [-0.1, -0.05) is 94.8 Å². The molecule has 2 aromatic rings. The van der Waals surface area contributed by atoms with Crippen molar-refractivity contribution in [2.75, 3.05) is 6.61 Å². The lowest BCUT2D eigenvalue weighted by Crippen LogP contribution is -2.06. The van der Waals surface area contributed by atoms with E-state index in [2.05, 4.69) is 26.0 Å². The molecule has 0 aliphatic carbocycles. The monoisotopic (exact) mass is 352 g/mol. The van der Waals surface area contributed by atoms with Crippen LogP contribution in [-0.2, 0) is 4.74 Å². The minimum Gasteiger partial charge on any atom is -0.462 e. The molecule has 0 spiro atoms. The van der Waals surface area contributed by atoms with Gasteiger partial charge < -0.3 is 4.74 Å².